The summed E-state index contributed by atoms with van der Waals surface area (Å²) in [7, 11) is 0. The third kappa shape index (κ3) is 13.5. The van der Waals surface area contributed by atoms with Crippen LogP contribution < -0.4 is 0 Å². The van der Waals surface area contributed by atoms with Crippen LogP contribution in [0.2, 0.25) is 0 Å². The molecule has 0 aromatic rings. The summed E-state index contributed by atoms with van der Waals surface area (Å²) in [5.74, 6) is 9.49. The van der Waals surface area contributed by atoms with E-state index < -0.39 is 0 Å². The maximum atomic E-state index is 5.76. The molecule has 130 valence electrons. The maximum absolute atomic E-state index is 5.76. The van der Waals surface area contributed by atoms with E-state index in [4.69, 9.17) is 14.2 Å². The highest BCUT2D eigenvalue weighted by molar-refractivity contribution is 8.05. The van der Waals surface area contributed by atoms with Gasteiger partial charge in [0.1, 0.15) is 0 Å². The quantitative estimate of drug-likeness (QED) is 0.688. The number of hydrogen-bond donors (Lipinski definition) is 0. The van der Waals surface area contributed by atoms with Crippen LogP contribution in [0.25, 0.3) is 0 Å². The molecule has 0 aromatic heterocycles. The molecule has 3 nitrogen and oxygen atoms in total. The molecule has 1 unspecified atom stereocenters. The van der Waals surface area contributed by atoms with E-state index in [-0.39, 0.29) is 6.29 Å². The zero-order valence-corrected chi connectivity index (χ0v) is 16.5. The first kappa shape index (κ1) is 21.1. The lowest BCUT2D eigenvalue weighted by molar-refractivity contribution is -0.161. The summed E-state index contributed by atoms with van der Waals surface area (Å²) in [6.45, 7) is 6.16. The summed E-state index contributed by atoms with van der Waals surface area (Å²) < 4.78 is 17.0. The molecule has 0 spiro atoms. The summed E-state index contributed by atoms with van der Waals surface area (Å²) in [6, 6.07) is 0. The van der Waals surface area contributed by atoms with E-state index >= 15 is 0 Å². The largest absolute Gasteiger partial charge is 0.375 e. The smallest absolute Gasteiger partial charge is 0.181 e. The van der Waals surface area contributed by atoms with Gasteiger partial charge in [-0.1, -0.05) is 6.08 Å². The van der Waals surface area contributed by atoms with Crippen LogP contribution in [-0.4, -0.2) is 78.7 Å². The van der Waals surface area contributed by atoms with Crippen LogP contribution in [0.5, 0.6) is 0 Å². The van der Waals surface area contributed by atoms with Gasteiger partial charge >= 0.3 is 0 Å². The predicted molar refractivity (Wildman–Crippen MR) is 106 cm³/mol. The van der Waals surface area contributed by atoms with Crippen molar-refractivity contribution in [3.05, 3.63) is 12.7 Å². The number of ether oxygens (including phenoxy) is 3. The molecule has 0 saturated carbocycles. The van der Waals surface area contributed by atoms with Crippen molar-refractivity contribution in [1.29, 1.82) is 0 Å². The monoisotopic (exact) mass is 384 g/mol. The van der Waals surface area contributed by atoms with E-state index in [9.17, 15) is 0 Å². The summed E-state index contributed by atoms with van der Waals surface area (Å²) >= 11 is 8.04. The van der Waals surface area contributed by atoms with Crippen molar-refractivity contribution in [2.45, 2.75) is 6.29 Å². The van der Waals surface area contributed by atoms with Crippen molar-refractivity contribution >= 4 is 47.0 Å². The van der Waals surface area contributed by atoms with Crippen LogP contribution in [0.15, 0.2) is 12.7 Å². The Labute approximate surface area is 152 Å². The van der Waals surface area contributed by atoms with Gasteiger partial charge in [0.15, 0.2) is 6.29 Å². The van der Waals surface area contributed by atoms with Crippen molar-refractivity contribution in [3.63, 3.8) is 0 Å². The number of rotatable bonds is 3. The fourth-order valence-electron chi connectivity index (χ4n) is 1.62. The lowest BCUT2D eigenvalue weighted by Crippen LogP contribution is -2.25. The second-order valence-electron chi connectivity index (χ2n) is 4.45. The van der Waals surface area contributed by atoms with Crippen LogP contribution >= 0.6 is 47.0 Å². The van der Waals surface area contributed by atoms with Crippen LogP contribution in [0.3, 0.4) is 0 Å². The normalized spacial score (nSPS) is 25.0. The van der Waals surface area contributed by atoms with Gasteiger partial charge in [0.2, 0.25) is 0 Å². The molecule has 1 atom stereocenters. The molecule has 0 aromatic carbocycles. The van der Waals surface area contributed by atoms with Crippen molar-refractivity contribution in [2.75, 3.05) is 72.5 Å². The highest BCUT2D eigenvalue weighted by atomic mass is 32.2. The zero-order chi connectivity index (χ0) is 15.7. The molecule has 0 amide bonds. The Morgan fingerprint density at radius 1 is 0.864 bits per heavy atom. The molecule has 0 N–H and O–H groups in total. The molecule has 0 radical (unpaired) electrons. The van der Waals surface area contributed by atoms with Gasteiger partial charge in [0.25, 0.3) is 0 Å². The lowest BCUT2D eigenvalue weighted by atomic mass is 10.6. The van der Waals surface area contributed by atoms with Crippen LogP contribution in [0.1, 0.15) is 0 Å². The Bertz CT molecular complexity index is 239. The molecular weight excluding hydrogens is 356 g/mol. The van der Waals surface area contributed by atoms with Gasteiger partial charge in [-0.25, -0.2) is 0 Å². The van der Waals surface area contributed by atoms with Gasteiger partial charge in [-0.15, -0.1) is 6.58 Å². The average molecular weight is 385 g/mol. The first-order valence-electron chi connectivity index (χ1n) is 7.66. The fraction of sp³-hybridized carbons (Fsp3) is 0.867. The molecule has 22 heavy (non-hydrogen) atoms. The van der Waals surface area contributed by atoms with Crippen LogP contribution in [0, 0.1) is 0 Å². The average Bonchev–Trinajstić information content (AvgIpc) is 2.53. The Balaban J connectivity index is 2.22. The van der Waals surface area contributed by atoms with Crippen molar-refractivity contribution in [2.24, 2.45) is 0 Å². The lowest BCUT2D eigenvalue weighted by Gasteiger charge is -2.18. The van der Waals surface area contributed by atoms with Crippen molar-refractivity contribution < 1.29 is 14.2 Å². The van der Waals surface area contributed by atoms with Crippen LogP contribution in [0.4, 0.5) is 0 Å². The summed E-state index contributed by atoms with van der Waals surface area (Å²) in [5.41, 5.74) is 0. The first-order valence-corrected chi connectivity index (χ1v) is 12.3. The first-order chi connectivity index (χ1) is 10.9. The van der Waals surface area contributed by atoms with E-state index in [2.05, 4.69) is 30.1 Å². The molecular formula is C15H28O3S4. The molecule has 1 fully saturated rings. The summed E-state index contributed by atoms with van der Waals surface area (Å²) in [5, 5.41) is 0. The second kappa shape index (κ2) is 16.9. The molecule has 7 heteroatoms. The Morgan fingerprint density at radius 2 is 1.41 bits per heavy atom. The molecule has 1 aliphatic heterocycles. The predicted octanol–water partition coefficient (Wildman–Crippen LogP) is 3.49. The Hall–Kier alpha value is 1.02. The Morgan fingerprint density at radius 3 is 2.00 bits per heavy atom. The van der Waals surface area contributed by atoms with Gasteiger partial charge < -0.3 is 14.2 Å². The molecule has 1 aliphatic rings. The molecule has 1 heterocycles. The molecule has 1 saturated heterocycles. The van der Waals surface area contributed by atoms with Crippen molar-refractivity contribution in [3.8, 4) is 0 Å². The topological polar surface area (TPSA) is 27.7 Å². The SMILES string of the molecule is C=CCOC1COCCSCCSCCSCCSCCO1. The minimum absolute atomic E-state index is 0.271. The highest BCUT2D eigenvalue weighted by Gasteiger charge is 2.09. The molecule has 0 aliphatic carbocycles. The zero-order valence-electron chi connectivity index (χ0n) is 13.2. The van der Waals surface area contributed by atoms with E-state index in [1.165, 1.54) is 34.5 Å². The summed E-state index contributed by atoms with van der Waals surface area (Å²) in [6.07, 6.45) is 1.47. The minimum atomic E-state index is -0.271. The van der Waals surface area contributed by atoms with Gasteiger partial charge in [0.05, 0.1) is 26.4 Å². The summed E-state index contributed by atoms with van der Waals surface area (Å²) in [4.78, 5) is 0. The second-order valence-corrected chi connectivity index (χ2v) is 9.35. The van der Waals surface area contributed by atoms with Gasteiger partial charge in [0, 0.05) is 46.0 Å². The van der Waals surface area contributed by atoms with Crippen molar-refractivity contribution in [1.82, 2.24) is 0 Å². The number of hydrogen-bond acceptors (Lipinski definition) is 7. The fourth-order valence-corrected chi connectivity index (χ4v) is 5.71. The number of thioether (sulfide) groups is 4. The Kier molecular flexibility index (Phi) is 16.1. The van der Waals surface area contributed by atoms with E-state index in [1.807, 2.05) is 23.5 Å². The van der Waals surface area contributed by atoms with E-state index in [1.54, 1.807) is 6.08 Å². The van der Waals surface area contributed by atoms with Crippen LogP contribution in [-0.2, 0) is 14.2 Å². The standard InChI is InChI=1S/C15H28O3S4/c1-2-3-17-15-14-16-4-6-19-8-10-21-12-13-22-11-9-20-7-5-18-15/h2,15H,1,3-14H2. The minimum Gasteiger partial charge on any atom is -0.375 e. The third-order valence-corrected chi connectivity index (χ3v) is 7.32. The van der Waals surface area contributed by atoms with Gasteiger partial charge in [-0.3, -0.25) is 0 Å². The third-order valence-electron chi connectivity index (χ3n) is 2.67. The van der Waals surface area contributed by atoms with Gasteiger partial charge in [-0.2, -0.15) is 47.0 Å². The molecule has 0 bridgehead atoms. The molecule has 1 rings (SSSR count). The van der Waals surface area contributed by atoms with E-state index in [0.29, 0.717) is 19.8 Å². The van der Waals surface area contributed by atoms with Gasteiger partial charge in [-0.05, 0) is 0 Å². The van der Waals surface area contributed by atoms with E-state index in [0.717, 1.165) is 18.1 Å². The highest BCUT2D eigenvalue weighted by Crippen LogP contribution is 2.12. The maximum Gasteiger partial charge on any atom is 0.181 e.